The Balaban J connectivity index is 1.86. The fourth-order valence-corrected chi connectivity index (χ4v) is 5.45. The first-order valence-electron chi connectivity index (χ1n) is 10.1. The Morgan fingerprint density at radius 3 is 2.71 bits per heavy atom. The van der Waals surface area contributed by atoms with Crippen molar-refractivity contribution in [3.8, 4) is 0 Å². The smallest absolute Gasteiger partial charge is 0.376 e. The van der Waals surface area contributed by atoms with Crippen LogP contribution in [-0.4, -0.2) is 59.0 Å². The van der Waals surface area contributed by atoms with Crippen molar-refractivity contribution in [3.63, 3.8) is 0 Å². The number of aliphatic imine (C=N–C) groups is 1. The van der Waals surface area contributed by atoms with Gasteiger partial charge in [0.1, 0.15) is 11.4 Å². The Morgan fingerprint density at radius 2 is 2.06 bits per heavy atom. The molecule has 0 spiro atoms. The van der Waals surface area contributed by atoms with Gasteiger partial charge in [-0.1, -0.05) is 0 Å². The molecule has 1 atom stereocenters. The molecule has 2 fully saturated rings. The van der Waals surface area contributed by atoms with Crippen LogP contribution in [0.5, 0.6) is 0 Å². The van der Waals surface area contributed by atoms with E-state index in [4.69, 9.17) is 4.74 Å². The molecule has 1 unspecified atom stereocenters. The van der Waals surface area contributed by atoms with E-state index in [2.05, 4.69) is 10.3 Å². The van der Waals surface area contributed by atoms with Gasteiger partial charge in [-0.2, -0.15) is 13.2 Å². The number of rotatable bonds is 5. The highest BCUT2D eigenvalue weighted by molar-refractivity contribution is 7.18. The van der Waals surface area contributed by atoms with Crippen LogP contribution in [0.25, 0.3) is 10.2 Å². The molecule has 2 aliphatic heterocycles. The third-order valence-electron chi connectivity index (χ3n) is 5.65. The van der Waals surface area contributed by atoms with E-state index >= 15 is 0 Å². The van der Waals surface area contributed by atoms with Crippen molar-refractivity contribution in [1.29, 1.82) is 0 Å². The van der Waals surface area contributed by atoms with Gasteiger partial charge in [-0.15, -0.1) is 11.3 Å². The first-order chi connectivity index (χ1) is 14.7. The van der Waals surface area contributed by atoms with Crippen molar-refractivity contribution >= 4 is 27.5 Å². The van der Waals surface area contributed by atoms with Crippen LogP contribution in [0.1, 0.15) is 23.3 Å². The molecular weight excluding hydrogens is 435 g/mol. The van der Waals surface area contributed by atoms with E-state index in [1.54, 1.807) is 14.0 Å². The van der Waals surface area contributed by atoms with Crippen molar-refractivity contribution in [2.75, 3.05) is 26.7 Å². The summed E-state index contributed by atoms with van der Waals surface area (Å²) in [7, 11) is 1.67. The summed E-state index contributed by atoms with van der Waals surface area (Å²) in [5, 5.41) is 3.33. The number of thiophene rings is 1. The number of hydrogen-bond donors (Lipinski definition) is 1. The van der Waals surface area contributed by atoms with E-state index in [9.17, 15) is 22.8 Å². The number of guanidine groups is 1. The number of nitrogens with one attached hydrogen (secondary N) is 1. The van der Waals surface area contributed by atoms with Crippen molar-refractivity contribution < 1.29 is 17.9 Å². The zero-order chi connectivity index (χ0) is 22.3. The summed E-state index contributed by atoms with van der Waals surface area (Å²) in [6, 6.07) is 0. The van der Waals surface area contributed by atoms with E-state index in [1.165, 1.54) is 15.9 Å². The van der Waals surface area contributed by atoms with E-state index < -0.39 is 24.0 Å². The Kier molecular flexibility index (Phi) is 5.86. The highest BCUT2D eigenvalue weighted by Crippen LogP contribution is 2.30. The van der Waals surface area contributed by atoms with Crippen LogP contribution in [0.3, 0.4) is 0 Å². The fraction of sp³-hybridized carbons (Fsp3) is 0.632. The van der Waals surface area contributed by atoms with Gasteiger partial charge in [0.05, 0.1) is 24.6 Å². The molecule has 2 aromatic heterocycles. The van der Waals surface area contributed by atoms with Crippen molar-refractivity contribution in [2.45, 2.75) is 51.7 Å². The predicted molar refractivity (Wildman–Crippen MR) is 112 cm³/mol. The average Bonchev–Trinajstić information content (AvgIpc) is 3.43. The zero-order valence-corrected chi connectivity index (χ0v) is 18.1. The van der Waals surface area contributed by atoms with Crippen LogP contribution in [0.4, 0.5) is 13.2 Å². The largest absolute Gasteiger partial charge is 0.406 e. The predicted octanol–water partition coefficient (Wildman–Crippen LogP) is 1.67. The molecule has 2 aromatic rings. The standard InChI is InChI=1S/C19H24F3N5O3S/c1-11-13(9-25-6-5-24-17(25)23-2)31-16-14(11)15(28)27(10-19(20,21)22)18(29)26(16)8-12-4-3-7-30-12/h12H,3-10H2,1-2H3,(H,23,24). The number of halogens is 3. The van der Waals surface area contributed by atoms with Gasteiger partial charge in [0.2, 0.25) is 0 Å². The lowest BCUT2D eigenvalue weighted by Gasteiger charge is -2.16. The van der Waals surface area contributed by atoms with Gasteiger partial charge >= 0.3 is 11.9 Å². The molecule has 0 aliphatic carbocycles. The summed E-state index contributed by atoms with van der Waals surface area (Å²) in [5.74, 6) is 0.725. The van der Waals surface area contributed by atoms with Gasteiger partial charge in [0.25, 0.3) is 5.56 Å². The van der Waals surface area contributed by atoms with E-state index in [1.807, 2.05) is 4.90 Å². The van der Waals surface area contributed by atoms with Gasteiger partial charge in [-0.3, -0.25) is 18.9 Å². The Morgan fingerprint density at radius 1 is 1.29 bits per heavy atom. The summed E-state index contributed by atoms with van der Waals surface area (Å²) in [5.41, 5.74) is -1.24. The van der Waals surface area contributed by atoms with Crippen LogP contribution >= 0.6 is 11.3 Å². The molecule has 0 saturated carbocycles. The van der Waals surface area contributed by atoms with E-state index in [0.717, 1.165) is 36.8 Å². The second-order valence-electron chi connectivity index (χ2n) is 7.76. The summed E-state index contributed by atoms with van der Waals surface area (Å²) >= 11 is 1.28. The number of aryl methyl sites for hydroxylation is 1. The minimum atomic E-state index is -4.68. The molecule has 1 N–H and O–H groups in total. The van der Waals surface area contributed by atoms with Gasteiger partial charge in [0.15, 0.2) is 5.96 Å². The molecule has 4 rings (SSSR count). The molecule has 8 nitrogen and oxygen atoms in total. The minimum Gasteiger partial charge on any atom is -0.376 e. The SMILES string of the molecule is C/N=C1\NCCN1Cc1sc2c(c1C)c(=O)n(CC(F)(F)F)c(=O)n2CC1CCCO1. The second kappa shape index (κ2) is 8.30. The normalized spacial score (nSPS) is 20.9. The van der Waals surface area contributed by atoms with Crippen LogP contribution in [0.15, 0.2) is 14.6 Å². The summed E-state index contributed by atoms with van der Waals surface area (Å²) in [6.07, 6.45) is -3.39. The Hall–Kier alpha value is -2.34. The molecular formula is C19H24F3N5O3S. The third kappa shape index (κ3) is 4.22. The summed E-state index contributed by atoms with van der Waals surface area (Å²) in [6.45, 7) is 2.71. The highest BCUT2D eigenvalue weighted by Gasteiger charge is 2.32. The molecule has 4 heterocycles. The second-order valence-corrected chi connectivity index (χ2v) is 8.84. The molecule has 2 aliphatic rings. The lowest BCUT2D eigenvalue weighted by Crippen LogP contribution is -2.44. The number of fused-ring (bicyclic) bond motifs is 1. The molecule has 12 heteroatoms. The molecule has 0 aromatic carbocycles. The third-order valence-corrected chi connectivity index (χ3v) is 6.95. The average molecular weight is 459 g/mol. The monoisotopic (exact) mass is 459 g/mol. The van der Waals surface area contributed by atoms with Crippen molar-refractivity contribution in [2.24, 2.45) is 4.99 Å². The highest BCUT2D eigenvalue weighted by atomic mass is 32.1. The number of hydrogen-bond acceptors (Lipinski definition) is 5. The molecule has 0 amide bonds. The number of aromatic nitrogens is 2. The number of nitrogens with zero attached hydrogens (tertiary/aromatic N) is 4. The lowest BCUT2D eigenvalue weighted by molar-refractivity contribution is -0.141. The molecule has 2 saturated heterocycles. The maximum Gasteiger partial charge on any atom is 0.406 e. The number of ether oxygens (including phenoxy) is 1. The molecule has 0 radical (unpaired) electrons. The van der Waals surface area contributed by atoms with Gasteiger partial charge in [-0.05, 0) is 25.3 Å². The maximum absolute atomic E-state index is 13.1. The fourth-order valence-electron chi connectivity index (χ4n) is 4.13. The Labute approximate surface area is 179 Å². The number of alkyl halides is 3. The van der Waals surface area contributed by atoms with Crippen LogP contribution in [-0.2, 0) is 24.4 Å². The molecule has 31 heavy (non-hydrogen) atoms. The quantitative estimate of drug-likeness (QED) is 0.736. The van der Waals surface area contributed by atoms with Crippen LogP contribution in [0, 0.1) is 6.92 Å². The molecule has 170 valence electrons. The minimum absolute atomic E-state index is 0.125. The first-order valence-corrected chi connectivity index (χ1v) is 10.9. The summed E-state index contributed by atoms with van der Waals surface area (Å²) < 4.78 is 46.6. The topological polar surface area (TPSA) is 80.9 Å². The maximum atomic E-state index is 13.1. The first kappa shape index (κ1) is 21.9. The Bertz CT molecular complexity index is 1130. The van der Waals surface area contributed by atoms with Crippen molar-refractivity contribution in [3.05, 3.63) is 31.3 Å². The van der Waals surface area contributed by atoms with Crippen LogP contribution in [0.2, 0.25) is 0 Å². The molecule has 0 bridgehead atoms. The van der Waals surface area contributed by atoms with Crippen LogP contribution < -0.4 is 16.6 Å². The van der Waals surface area contributed by atoms with E-state index in [-0.39, 0.29) is 18.0 Å². The van der Waals surface area contributed by atoms with E-state index in [0.29, 0.717) is 28.1 Å². The van der Waals surface area contributed by atoms with Gasteiger partial charge in [-0.25, -0.2) is 4.79 Å². The summed E-state index contributed by atoms with van der Waals surface area (Å²) in [4.78, 5) is 33.4. The van der Waals surface area contributed by atoms with Crippen molar-refractivity contribution in [1.82, 2.24) is 19.4 Å². The van der Waals surface area contributed by atoms with Gasteiger partial charge in [0, 0.05) is 31.6 Å². The lowest BCUT2D eigenvalue weighted by atomic mass is 10.2. The van der Waals surface area contributed by atoms with Gasteiger partial charge < -0.3 is 15.0 Å². The zero-order valence-electron chi connectivity index (χ0n) is 17.3.